The van der Waals surface area contributed by atoms with Crippen molar-refractivity contribution in [3.05, 3.63) is 0 Å². The van der Waals surface area contributed by atoms with Crippen LogP contribution in [0.1, 0.15) is 13.3 Å². The van der Waals surface area contributed by atoms with Crippen molar-refractivity contribution in [1.82, 2.24) is 20.7 Å². The highest BCUT2D eigenvalue weighted by Gasteiger charge is 2.14. The number of hydrogen-bond donors (Lipinski definition) is 2. The molecular weight excluding hydrogens is 192 g/mol. The van der Waals surface area contributed by atoms with Gasteiger partial charge in [-0.15, -0.1) is 0 Å². The molecule has 0 aromatic heterocycles. The number of hydrazine groups is 1. The van der Waals surface area contributed by atoms with E-state index < -0.39 is 0 Å². The van der Waals surface area contributed by atoms with Crippen molar-refractivity contribution >= 4 is 5.91 Å². The smallest absolute Gasteiger partial charge is 0.235 e. The Morgan fingerprint density at radius 3 is 2.53 bits per heavy atom. The van der Waals surface area contributed by atoms with Crippen LogP contribution < -0.4 is 10.7 Å². The molecule has 0 unspecified atom stereocenters. The molecule has 0 atom stereocenters. The van der Waals surface area contributed by atoms with Crippen LogP contribution in [-0.2, 0) is 4.79 Å². The van der Waals surface area contributed by atoms with Gasteiger partial charge in [0.1, 0.15) is 0 Å². The lowest BCUT2D eigenvalue weighted by molar-refractivity contribution is -0.126. The number of rotatable bonds is 5. The fourth-order valence-corrected chi connectivity index (χ4v) is 1.53. The largest absolute Gasteiger partial charge is 0.316 e. The van der Waals surface area contributed by atoms with Crippen LogP contribution >= 0.6 is 0 Å². The molecule has 0 spiro atoms. The highest BCUT2D eigenvalue weighted by Crippen LogP contribution is 1.95. The summed E-state index contributed by atoms with van der Waals surface area (Å²) in [7, 11) is 2.10. The van der Waals surface area contributed by atoms with Crippen LogP contribution in [0.3, 0.4) is 0 Å². The molecule has 0 radical (unpaired) electrons. The second kappa shape index (κ2) is 6.76. The summed E-state index contributed by atoms with van der Waals surface area (Å²) in [5.41, 5.74) is 2.93. The number of nitrogens with one attached hydrogen (secondary N) is 2. The number of piperazine rings is 1. The summed E-state index contributed by atoms with van der Waals surface area (Å²) < 4.78 is 0. The van der Waals surface area contributed by atoms with Gasteiger partial charge in [0.05, 0.1) is 0 Å². The summed E-state index contributed by atoms with van der Waals surface area (Å²) in [5.74, 6) is 0.112. The lowest BCUT2D eigenvalue weighted by Crippen LogP contribution is -2.52. The lowest BCUT2D eigenvalue weighted by Gasteiger charge is -2.32. The highest BCUT2D eigenvalue weighted by molar-refractivity contribution is 5.75. The third-order valence-electron chi connectivity index (χ3n) is 2.56. The van der Waals surface area contributed by atoms with Crippen LogP contribution in [-0.4, -0.2) is 62.1 Å². The van der Waals surface area contributed by atoms with Crippen molar-refractivity contribution in [2.24, 2.45) is 0 Å². The molecule has 0 aromatic carbocycles. The first kappa shape index (κ1) is 12.4. The maximum absolute atomic E-state index is 11.5. The van der Waals surface area contributed by atoms with Crippen molar-refractivity contribution in [2.75, 3.05) is 46.3 Å². The zero-order chi connectivity index (χ0) is 11.1. The Balaban J connectivity index is 2.09. The van der Waals surface area contributed by atoms with E-state index >= 15 is 0 Å². The van der Waals surface area contributed by atoms with Gasteiger partial charge in [0.2, 0.25) is 5.91 Å². The summed E-state index contributed by atoms with van der Waals surface area (Å²) in [6.07, 6.45) is 0.556. The van der Waals surface area contributed by atoms with Crippen LogP contribution in [0, 0.1) is 0 Å². The summed E-state index contributed by atoms with van der Waals surface area (Å²) in [6.45, 7) is 7.60. The van der Waals surface area contributed by atoms with Gasteiger partial charge in [-0.05, 0) is 13.6 Å². The third-order valence-corrected chi connectivity index (χ3v) is 2.56. The van der Waals surface area contributed by atoms with Crippen LogP contribution in [0.25, 0.3) is 0 Å². The average Bonchev–Trinajstić information content (AvgIpc) is 2.22. The molecule has 0 aliphatic carbocycles. The van der Waals surface area contributed by atoms with Gasteiger partial charge in [0.25, 0.3) is 0 Å². The summed E-state index contributed by atoms with van der Waals surface area (Å²) in [5, 5.41) is 5.14. The van der Waals surface area contributed by atoms with Crippen LogP contribution in [0.4, 0.5) is 0 Å². The van der Waals surface area contributed by atoms with Gasteiger partial charge in [0, 0.05) is 39.1 Å². The molecule has 5 nitrogen and oxygen atoms in total. The first-order valence-electron chi connectivity index (χ1n) is 5.66. The molecular formula is C10H22N4O. The number of amides is 1. The Hall–Kier alpha value is -0.650. The van der Waals surface area contributed by atoms with Crippen LogP contribution in [0.2, 0.25) is 0 Å². The lowest BCUT2D eigenvalue weighted by atomic mass is 10.3. The summed E-state index contributed by atoms with van der Waals surface area (Å²) >= 11 is 0. The van der Waals surface area contributed by atoms with E-state index in [2.05, 4.69) is 22.7 Å². The predicted octanol–water partition coefficient (Wildman–Crippen LogP) is -0.735. The topological polar surface area (TPSA) is 47.6 Å². The van der Waals surface area contributed by atoms with Gasteiger partial charge in [-0.3, -0.25) is 10.2 Å². The molecule has 0 bridgehead atoms. The first-order chi connectivity index (χ1) is 7.22. The second-order valence-corrected chi connectivity index (χ2v) is 3.93. The van der Waals surface area contributed by atoms with Crippen molar-refractivity contribution in [3.63, 3.8) is 0 Å². The van der Waals surface area contributed by atoms with E-state index in [1.54, 1.807) is 0 Å². The highest BCUT2D eigenvalue weighted by atomic mass is 16.2. The molecule has 5 heteroatoms. The normalized spacial score (nSPS) is 19.1. The number of nitrogens with zero attached hydrogens (tertiary/aromatic N) is 2. The molecule has 1 rings (SSSR count). The van der Waals surface area contributed by atoms with Crippen LogP contribution in [0.5, 0.6) is 0 Å². The maximum atomic E-state index is 11.5. The molecule has 2 N–H and O–H groups in total. The van der Waals surface area contributed by atoms with Crippen molar-refractivity contribution in [2.45, 2.75) is 13.3 Å². The minimum atomic E-state index is 0.112. The summed E-state index contributed by atoms with van der Waals surface area (Å²) in [6, 6.07) is 0. The molecule has 15 heavy (non-hydrogen) atoms. The molecule has 1 aliphatic heterocycles. The fourth-order valence-electron chi connectivity index (χ4n) is 1.53. The van der Waals surface area contributed by atoms with Crippen molar-refractivity contribution in [1.29, 1.82) is 0 Å². The molecule has 1 fully saturated rings. The molecule has 1 saturated heterocycles. The third kappa shape index (κ3) is 5.11. The van der Waals surface area contributed by atoms with E-state index in [0.717, 1.165) is 39.3 Å². The quantitative estimate of drug-likeness (QED) is 0.592. The number of likely N-dealkylation sites (N-methyl/N-ethyl adjacent to an activating group) is 1. The zero-order valence-corrected chi connectivity index (χ0v) is 9.75. The Bertz CT molecular complexity index is 190. The van der Waals surface area contributed by atoms with Crippen LogP contribution in [0.15, 0.2) is 0 Å². The van der Waals surface area contributed by atoms with E-state index in [1.165, 1.54) is 0 Å². The Morgan fingerprint density at radius 2 is 1.93 bits per heavy atom. The molecule has 1 amide bonds. The van der Waals surface area contributed by atoms with Crippen molar-refractivity contribution < 1.29 is 4.79 Å². The van der Waals surface area contributed by atoms with Gasteiger partial charge in [-0.2, -0.15) is 0 Å². The van der Waals surface area contributed by atoms with Gasteiger partial charge >= 0.3 is 0 Å². The first-order valence-corrected chi connectivity index (χ1v) is 5.66. The van der Waals surface area contributed by atoms with E-state index in [0.29, 0.717) is 6.42 Å². The number of hydrogen-bond acceptors (Lipinski definition) is 4. The maximum Gasteiger partial charge on any atom is 0.235 e. The minimum Gasteiger partial charge on any atom is -0.316 e. The monoisotopic (exact) mass is 214 g/mol. The summed E-state index contributed by atoms with van der Waals surface area (Å²) in [4.78, 5) is 13.7. The Morgan fingerprint density at radius 1 is 1.27 bits per heavy atom. The molecule has 0 aromatic rings. The molecule has 88 valence electrons. The van der Waals surface area contributed by atoms with E-state index in [4.69, 9.17) is 0 Å². The fraction of sp³-hybridized carbons (Fsp3) is 0.900. The molecule has 1 heterocycles. The number of carbonyl (C=O) groups excluding carboxylic acids is 1. The van der Waals surface area contributed by atoms with E-state index in [9.17, 15) is 4.79 Å². The molecule has 1 aliphatic rings. The number of carbonyl (C=O) groups is 1. The standard InChI is InChI=1S/C10H22N4O/c1-3-11-5-4-10(15)12-14-8-6-13(2)7-9-14/h11H,3-9H2,1-2H3,(H,12,15). The predicted molar refractivity (Wildman–Crippen MR) is 60.4 cm³/mol. The molecule has 0 saturated carbocycles. The zero-order valence-electron chi connectivity index (χ0n) is 9.75. The Kier molecular flexibility index (Phi) is 5.60. The van der Waals surface area contributed by atoms with E-state index in [1.807, 2.05) is 11.9 Å². The Labute approximate surface area is 91.8 Å². The second-order valence-electron chi connectivity index (χ2n) is 3.93. The van der Waals surface area contributed by atoms with Gasteiger partial charge < -0.3 is 10.2 Å². The van der Waals surface area contributed by atoms with Crippen molar-refractivity contribution in [3.8, 4) is 0 Å². The van der Waals surface area contributed by atoms with Gasteiger partial charge in [0.15, 0.2) is 0 Å². The van der Waals surface area contributed by atoms with Gasteiger partial charge in [-0.1, -0.05) is 6.92 Å². The minimum absolute atomic E-state index is 0.112. The van der Waals surface area contributed by atoms with E-state index in [-0.39, 0.29) is 5.91 Å². The average molecular weight is 214 g/mol. The SMILES string of the molecule is CCNCCC(=O)NN1CCN(C)CC1. The van der Waals surface area contributed by atoms with Gasteiger partial charge in [-0.25, -0.2) is 5.01 Å².